The standard InChI is InChI=1S/C23H18F5N3O2S/c24-22(25)8-21(9-22)10-31(11-21)20(33)13-1-2-18(30-6-13)14-3-15-4-16(7-29-12-32)34-19(15)17(5-14)23(26,27)28/h1-6,12H,7-11H2,(H,29,32). The van der Waals surface area contributed by atoms with Crippen LogP contribution in [-0.2, 0) is 17.5 Å². The zero-order valence-electron chi connectivity index (χ0n) is 17.6. The highest BCUT2D eigenvalue weighted by atomic mass is 32.1. The number of rotatable bonds is 5. The van der Waals surface area contributed by atoms with Gasteiger partial charge in [-0.2, -0.15) is 13.2 Å². The molecule has 0 bridgehead atoms. The van der Waals surface area contributed by atoms with E-state index in [0.717, 1.165) is 17.4 Å². The highest BCUT2D eigenvalue weighted by molar-refractivity contribution is 7.19. The first-order chi connectivity index (χ1) is 16.0. The van der Waals surface area contributed by atoms with Crippen LogP contribution in [0.1, 0.15) is 33.6 Å². The molecule has 1 spiro atoms. The zero-order chi connectivity index (χ0) is 24.3. The Kier molecular flexibility index (Phi) is 5.16. The molecule has 2 aromatic heterocycles. The maximum absolute atomic E-state index is 13.7. The fourth-order valence-electron chi connectivity index (χ4n) is 4.84. The van der Waals surface area contributed by atoms with Crippen LogP contribution in [0.2, 0.25) is 0 Å². The summed E-state index contributed by atoms with van der Waals surface area (Å²) in [6, 6.07) is 7.16. The smallest absolute Gasteiger partial charge is 0.354 e. The molecule has 1 aromatic carbocycles. The summed E-state index contributed by atoms with van der Waals surface area (Å²) in [5.74, 6) is -2.99. The Morgan fingerprint density at radius 3 is 2.50 bits per heavy atom. The summed E-state index contributed by atoms with van der Waals surface area (Å²) in [6.45, 7) is 0.669. The predicted octanol–water partition coefficient (Wildman–Crippen LogP) is 5.10. The SMILES string of the molecule is O=CNCc1cc2cc(-c3ccc(C(=O)N4CC5(C4)CC(F)(F)C5)cn3)cc(C(F)(F)F)c2s1. The largest absolute Gasteiger partial charge is 0.417 e. The zero-order valence-corrected chi connectivity index (χ0v) is 18.4. The second kappa shape index (κ2) is 7.72. The van der Waals surface area contributed by atoms with Crippen molar-refractivity contribution >= 4 is 33.7 Å². The minimum absolute atomic E-state index is 0.0685. The van der Waals surface area contributed by atoms with Gasteiger partial charge in [-0.25, -0.2) is 8.78 Å². The minimum Gasteiger partial charge on any atom is -0.354 e. The number of fused-ring (bicyclic) bond motifs is 1. The van der Waals surface area contributed by atoms with Crippen molar-refractivity contribution in [2.45, 2.75) is 31.5 Å². The number of pyridine rings is 1. The molecule has 1 N–H and O–H groups in total. The van der Waals surface area contributed by atoms with Gasteiger partial charge in [-0.3, -0.25) is 14.6 Å². The number of nitrogens with zero attached hydrogens (tertiary/aromatic N) is 2. The molecule has 5 rings (SSSR count). The maximum Gasteiger partial charge on any atom is 0.417 e. The average molecular weight is 495 g/mol. The Bertz CT molecular complexity index is 1270. The van der Waals surface area contributed by atoms with E-state index in [9.17, 15) is 31.5 Å². The molecule has 0 atom stereocenters. The highest BCUT2D eigenvalue weighted by Crippen LogP contribution is 2.56. The lowest BCUT2D eigenvalue weighted by Crippen LogP contribution is -2.66. The molecule has 5 nitrogen and oxygen atoms in total. The lowest BCUT2D eigenvalue weighted by molar-refractivity contribution is -0.203. The van der Waals surface area contributed by atoms with Crippen LogP contribution in [0.15, 0.2) is 36.5 Å². The molecule has 1 saturated heterocycles. The number of amides is 2. The number of nitrogens with one attached hydrogen (secondary N) is 1. The molecule has 2 fully saturated rings. The Labute approximate surface area is 194 Å². The monoisotopic (exact) mass is 495 g/mol. The topological polar surface area (TPSA) is 62.3 Å². The van der Waals surface area contributed by atoms with E-state index >= 15 is 0 Å². The number of benzene rings is 1. The molecule has 2 aliphatic rings. The Morgan fingerprint density at radius 1 is 1.18 bits per heavy atom. The molecule has 2 amide bonds. The van der Waals surface area contributed by atoms with Crippen molar-refractivity contribution in [3.63, 3.8) is 0 Å². The van der Waals surface area contributed by atoms with Crippen molar-refractivity contribution < 1.29 is 31.5 Å². The summed E-state index contributed by atoms with van der Waals surface area (Å²) in [7, 11) is 0. The molecule has 3 aromatic rings. The van der Waals surface area contributed by atoms with Gasteiger partial charge in [0, 0.05) is 52.7 Å². The van der Waals surface area contributed by atoms with E-state index in [1.165, 1.54) is 23.2 Å². The third kappa shape index (κ3) is 4.02. The first kappa shape index (κ1) is 22.7. The van der Waals surface area contributed by atoms with Gasteiger partial charge in [-0.1, -0.05) is 0 Å². The predicted molar refractivity (Wildman–Crippen MR) is 115 cm³/mol. The second-order valence-corrected chi connectivity index (χ2v) is 10.1. The van der Waals surface area contributed by atoms with Crippen LogP contribution in [0.4, 0.5) is 22.0 Å². The molecule has 3 heterocycles. The van der Waals surface area contributed by atoms with Crippen molar-refractivity contribution in [1.29, 1.82) is 0 Å². The van der Waals surface area contributed by atoms with Crippen LogP contribution in [0, 0.1) is 5.41 Å². The molecule has 34 heavy (non-hydrogen) atoms. The van der Waals surface area contributed by atoms with Crippen molar-refractivity contribution in [2.75, 3.05) is 13.1 Å². The molecule has 11 heteroatoms. The normalized spacial score (nSPS) is 18.4. The molecule has 0 unspecified atom stereocenters. The second-order valence-electron chi connectivity index (χ2n) is 8.95. The van der Waals surface area contributed by atoms with E-state index < -0.39 is 23.1 Å². The molecule has 1 saturated carbocycles. The summed E-state index contributed by atoms with van der Waals surface area (Å²) < 4.78 is 67.6. The first-order valence-corrected chi connectivity index (χ1v) is 11.2. The molecule has 1 aliphatic heterocycles. The number of alkyl halides is 5. The maximum atomic E-state index is 13.7. The Balaban J connectivity index is 1.38. The van der Waals surface area contributed by atoms with E-state index in [4.69, 9.17) is 0 Å². The Hall–Kier alpha value is -3.08. The van der Waals surface area contributed by atoms with Gasteiger partial charge in [0.25, 0.3) is 5.91 Å². The first-order valence-electron chi connectivity index (χ1n) is 10.4. The van der Waals surface area contributed by atoms with Crippen molar-refractivity contribution in [3.8, 4) is 11.3 Å². The molecule has 1 aliphatic carbocycles. The average Bonchev–Trinajstić information content (AvgIpc) is 3.15. The number of carbonyl (C=O) groups is 2. The van der Waals surface area contributed by atoms with E-state index in [1.54, 1.807) is 12.1 Å². The fraction of sp³-hybridized carbons (Fsp3) is 0.348. The van der Waals surface area contributed by atoms with Gasteiger partial charge >= 0.3 is 6.18 Å². The number of aromatic nitrogens is 1. The lowest BCUT2D eigenvalue weighted by Gasteiger charge is -2.58. The molecular formula is C23H18F5N3O2S. The van der Waals surface area contributed by atoms with Crippen LogP contribution in [0.3, 0.4) is 0 Å². The van der Waals surface area contributed by atoms with Crippen molar-refractivity contribution in [1.82, 2.24) is 15.2 Å². The summed E-state index contributed by atoms with van der Waals surface area (Å²) in [5, 5.41) is 2.82. The number of likely N-dealkylation sites (tertiary alicyclic amines) is 1. The van der Waals surface area contributed by atoms with Crippen molar-refractivity contribution in [2.24, 2.45) is 5.41 Å². The third-order valence-electron chi connectivity index (χ3n) is 6.25. The van der Waals surface area contributed by atoms with Crippen LogP contribution >= 0.6 is 11.3 Å². The van der Waals surface area contributed by atoms with Crippen LogP contribution in [0.5, 0.6) is 0 Å². The van der Waals surface area contributed by atoms with Crippen LogP contribution < -0.4 is 5.32 Å². The molecule has 178 valence electrons. The third-order valence-corrected chi connectivity index (χ3v) is 7.43. The number of hydrogen-bond donors (Lipinski definition) is 1. The van der Waals surface area contributed by atoms with Gasteiger partial charge in [0.2, 0.25) is 12.3 Å². The van der Waals surface area contributed by atoms with Gasteiger partial charge in [0.05, 0.1) is 23.4 Å². The lowest BCUT2D eigenvalue weighted by atomic mass is 9.61. The van der Waals surface area contributed by atoms with Gasteiger partial charge in [-0.15, -0.1) is 11.3 Å². The molecular weight excluding hydrogens is 477 g/mol. The summed E-state index contributed by atoms with van der Waals surface area (Å²) in [4.78, 5) is 29.4. The van der Waals surface area contributed by atoms with Gasteiger partial charge in [0.1, 0.15) is 0 Å². The number of carbonyl (C=O) groups excluding carboxylic acids is 2. The Morgan fingerprint density at radius 2 is 1.91 bits per heavy atom. The summed E-state index contributed by atoms with van der Waals surface area (Å²) in [5.41, 5.74) is -0.532. The van der Waals surface area contributed by atoms with E-state index in [1.807, 2.05) is 0 Å². The minimum atomic E-state index is -4.59. The van der Waals surface area contributed by atoms with E-state index in [2.05, 4.69) is 10.3 Å². The quantitative estimate of drug-likeness (QED) is 0.396. The van der Waals surface area contributed by atoms with Crippen LogP contribution in [0.25, 0.3) is 21.3 Å². The van der Waals surface area contributed by atoms with E-state index in [0.29, 0.717) is 16.7 Å². The van der Waals surface area contributed by atoms with Gasteiger partial charge in [-0.05, 0) is 35.7 Å². The van der Waals surface area contributed by atoms with Crippen molar-refractivity contribution in [3.05, 3.63) is 52.5 Å². The molecule has 0 radical (unpaired) electrons. The van der Waals surface area contributed by atoms with E-state index in [-0.39, 0.29) is 59.9 Å². The van der Waals surface area contributed by atoms with Crippen LogP contribution in [-0.4, -0.2) is 41.2 Å². The summed E-state index contributed by atoms with van der Waals surface area (Å²) >= 11 is 0.960. The highest BCUT2D eigenvalue weighted by Gasteiger charge is 2.62. The van der Waals surface area contributed by atoms with Gasteiger partial charge in [0.15, 0.2) is 0 Å². The number of thiophene rings is 1. The fourth-order valence-corrected chi connectivity index (χ4v) is 5.97. The number of halogens is 5. The summed E-state index contributed by atoms with van der Waals surface area (Å²) in [6.07, 6.45) is -3.23. The number of hydrogen-bond acceptors (Lipinski definition) is 4. The van der Waals surface area contributed by atoms with Gasteiger partial charge < -0.3 is 10.2 Å².